The standard InChI is InChI=1S/C11H11BrN4O/c1-13-8-2-3-15-9(4-8)6-16-7-14-5-10(12)11(16)17/h2-5,7H,6H2,1H3,(H,13,15). The maximum absolute atomic E-state index is 11.8. The van der Waals surface area contributed by atoms with Gasteiger partial charge in [-0.3, -0.25) is 14.3 Å². The number of pyridine rings is 1. The van der Waals surface area contributed by atoms with Crippen molar-refractivity contribution in [2.75, 3.05) is 12.4 Å². The van der Waals surface area contributed by atoms with Crippen molar-refractivity contribution in [3.63, 3.8) is 0 Å². The van der Waals surface area contributed by atoms with Gasteiger partial charge < -0.3 is 5.32 Å². The fourth-order valence-corrected chi connectivity index (χ4v) is 1.78. The number of rotatable bonds is 3. The van der Waals surface area contributed by atoms with Gasteiger partial charge in [-0.1, -0.05) is 0 Å². The molecule has 0 radical (unpaired) electrons. The molecule has 6 heteroatoms. The van der Waals surface area contributed by atoms with Crippen molar-refractivity contribution in [1.29, 1.82) is 0 Å². The van der Waals surface area contributed by atoms with Crippen LogP contribution in [0.1, 0.15) is 5.69 Å². The van der Waals surface area contributed by atoms with Gasteiger partial charge in [-0.15, -0.1) is 0 Å². The third kappa shape index (κ3) is 2.71. The maximum atomic E-state index is 11.8. The van der Waals surface area contributed by atoms with E-state index in [9.17, 15) is 4.79 Å². The second-order valence-electron chi connectivity index (χ2n) is 3.46. The number of nitrogens with one attached hydrogen (secondary N) is 1. The molecular weight excluding hydrogens is 284 g/mol. The van der Waals surface area contributed by atoms with Gasteiger partial charge >= 0.3 is 0 Å². The SMILES string of the molecule is CNc1ccnc(Cn2cncc(Br)c2=O)c1. The van der Waals surface area contributed by atoms with Gasteiger partial charge in [-0.2, -0.15) is 0 Å². The Balaban J connectivity index is 2.31. The normalized spacial score (nSPS) is 10.2. The molecule has 0 aliphatic carbocycles. The highest BCUT2D eigenvalue weighted by molar-refractivity contribution is 9.10. The highest BCUT2D eigenvalue weighted by Gasteiger charge is 2.03. The third-order valence-corrected chi connectivity index (χ3v) is 2.84. The predicted molar refractivity (Wildman–Crippen MR) is 69.1 cm³/mol. The molecule has 0 unspecified atom stereocenters. The molecule has 0 aliphatic rings. The Morgan fingerprint density at radius 2 is 2.35 bits per heavy atom. The Bertz CT molecular complexity index is 582. The van der Waals surface area contributed by atoms with Gasteiger partial charge in [-0.25, -0.2) is 4.98 Å². The molecule has 0 aliphatic heterocycles. The number of aromatic nitrogens is 3. The molecule has 0 aromatic carbocycles. The maximum Gasteiger partial charge on any atom is 0.267 e. The van der Waals surface area contributed by atoms with Crippen molar-refractivity contribution >= 4 is 21.6 Å². The van der Waals surface area contributed by atoms with Crippen LogP contribution < -0.4 is 10.9 Å². The molecule has 0 spiro atoms. The van der Waals surface area contributed by atoms with Crippen molar-refractivity contribution in [3.05, 3.63) is 51.4 Å². The second kappa shape index (κ2) is 5.09. The number of nitrogens with zero attached hydrogens (tertiary/aromatic N) is 3. The first-order valence-corrected chi connectivity index (χ1v) is 5.82. The molecule has 88 valence electrons. The lowest BCUT2D eigenvalue weighted by Crippen LogP contribution is -2.21. The first-order chi connectivity index (χ1) is 8.20. The van der Waals surface area contributed by atoms with Crippen molar-refractivity contribution in [1.82, 2.24) is 14.5 Å². The summed E-state index contributed by atoms with van der Waals surface area (Å²) in [6.07, 6.45) is 4.69. The van der Waals surface area contributed by atoms with E-state index >= 15 is 0 Å². The van der Waals surface area contributed by atoms with Crippen LogP contribution in [0, 0.1) is 0 Å². The first kappa shape index (κ1) is 11.8. The molecule has 5 nitrogen and oxygen atoms in total. The number of anilines is 1. The molecule has 17 heavy (non-hydrogen) atoms. The molecule has 2 aromatic rings. The van der Waals surface area contributed by atoms with Gasteiger partial charge in [0.1, 0.15) is 4.47 Å². The molecule has 0 saturated heterocycles. The van der Waals surface area contributed by atoms with E-state index in [-0.39, 0.29) is 5.56 Å². The van der Waals surface area contributed by atoms with Gasteiger partial charge in [0.05, 0.1) is 18.6 Å². The average Bonchev–Trinajstić information content (AvgIpc) is 2.35. The molecule has 2 aromatic heterocycles. The minimum atomic E-state index is -0.114. The summed E-state index contributed by atoms with van der Waals surface area (Å²) >= 11 is 3.16. The van der Waals surface area contributed by atoms with Crippen LogP contribution in [-0.4, -0.2) is 21.6 Å². The highest BCUT2D eigenvalue weighted by Crippen LogP contribution is 2.07. The van der Waals surface area contributed by atoms with E-state index in [4.69, 9.17) is 0 Å². The smallest absolute Gasteiger partial charge is 0.267 e. The van der Waals surface area contributed by atoms with Gasteiger partial charge in [-0.05, 0) is 28.1 Å². The van der Waals surface area contributed by atoms with E-state index in [2.05, 4.69) is 31.2 Å². The summed E-state index contributed by atoms with van der Waals surface area (Å²) in [6, 6.07) is 3.76. The van der Waals surface area contributed by atoms with Gasteiger partial charge in [0.2, 0.25) is 0 Å². The minimum Gasteiger partial charge on any atom is -0.388 e. The zero-order chi connectivity index (χ0) is 12.3. The van der Waals surface area contributed by atoms with E-state index in [1.54, 1.807) is 6.20 Å². The fourth-order valence-electron chi connectivity index (χ4n) is 1.43. The van der Waals surface area contributed by atoms with E-state index in [1.165, 1.54) is 17.1 Å². The lowest BCUT2D eigenvalue weighted by Gasteiger charge is -2.06. The second-order valence-corrected chi connectivity index (χ2v) is 4.31. The minimum absolute atomic E-state index is 0.114. The summed E-state index contributed by atoms with van der Waals surface area (Å²) in [7, 11) is 1.84. The highest BCUT2D eigenvalue weighted by atomic mass is 79.9. The zero-order valence-electron chi connectivity index (χ0n) is 9.22. The van der Waals surface area contributed by atoms with Crippen LogP contribution in [0.25, 0.3) is 0 Å². The molecule has 1 N–H and O–H groups in total. The average molecular weight is 295 g/mol. The Morgan fingerprint density at radius 1 is 1.53 bits per heavy atom. The van der Waals surface area contributed by atoms with Gasteiger partial charge in [0.15, 0.2) is 0 Å². The van der Waals surface area contributed by atoms with Gasteiger partial charge in [0.25, 0.3) is 5.56 Å². The van der Waals surface area contributed by atoms with E-state index < -0.39 is 0 Å². The van der Waals surface area contributed by atoms with Crippen LogP contribution in [0.15, 0.2) is 40.1 Å². The van der Waals surface area contributed by atoms with E-state index in [0.717, 1.165) is 11.4 Å². The molecule has 2 rings (SSSR count). The number of hydrogen-bond acceptors (Lipinski definition) is 4. The quantitative estimate of drug-likeness (QED) is 0.932. The molecule has 0 bridgehead atoms. The lowest BCUT2D eigenvalue weighted by atomic mass is 10.3. The molecule has 0 fully saturated rings. The topological polar surface area (TPSA) is 59.8 Å². The zero-order valence-corrected chi connectivity index (χ0v) is 10.8. The first-order valence-electron chi connectivity index (χ1n) is 5.03. The van der Waals surface area contributed by atoms with Crippen molar-refractivity contribution in [2.45, 2.75) is 6.54 Å². The lowest BCUT2D eigenvalue weighted by molar-refractivity contribution is 0.714. The molecular formula is C11H11BrN4O. The van der Waals surface area contributed by atoms with Crippen LogP contribution in [0.5, 0.6) is 0 Å². The van der Waals surface area contributed by atoms with E-state index in [0.29, 0.717) is 11.0 Å². The van der Waals surface area contributed by atoms with Crippen LogP contribution in [0.2, 0.25) is 0 Å². The summed E-state index contributed by atoms with van der Waals surface area (Å²) in [5.41, 5.74) is 1.65. The largest absolute Gasteiger partial charge is 0.388 e. The summed E-state index contributed by atoms with van der Waals surface area (Å²) in [5.74, 6) is 0. The van der Waals surface area contributed by atoms with Gasteiger partial charge in [0, 0.05) is 25.1 Å². The summed E-state index contributed by atoms with van der Waals surface area (Å²) in [5, 5.41) is 3.03. The number of hydrogen-bond donors (Lipinski definition) is 1. The van der Waals surface area contributed by atoms with Crippen molar-refractivity contribution in [2.24, 2.45) is 0 Å². The van der Waals surface area contributed by atoms with Crippen molar-refractivity contribution < 1.29 is 0 Å². The summed E-state index contributed by atoms with van der Waals surface area (Å²) in [4.78, 5) is 19.9. The van der Waals surface area contributed by atoms with E-state index in [1.807, 2.05) is 19.2 Å². The monoisotopic (exact) mass is 294 g/mol. The van der Waals surface area contributed by atoms with Crippen molar-refractivity contribution in [3.8, 4) is 0 Å². The summed E-state index contributed by atoms with van der Waals surface area (Å²) in [6.45, 7) is 0.404. The molecule has 2 heterocycles. The van der Waals surface area contributed by atoms with Crippen LogP contribution in [0.3, 0.4) is 0 Å². The fraction of sp³-hybridized carbons (Fsp3) is 0.182. The number of halogens is 1. The van der Waals surface area contributed by atoms with Crippen LogP contribution in [-0.2, 0) is 6.54 Å². The predicted octanol–water partition coefficient (Wildman–Crippen LogP) is 1.49. The Morgan fingerprint density at radius 3 is 3.12 bits per heavy atom. The molecule has 0 atom stereocenters. The van der Waals surface area contributed by atoms with Crippen LogP contribution >= 0.6 is 15.9 Å². The van der Waals surface area contributed by atoms with Crippen LogP contribution in [0.4, 0.5) is 5.69 Å². The summed E-state index contributed by atoms with van der Waals surface area (Å²) < 4.78 is 1.95. The Kier molecular flexibility index (Phi) is 3.53. The Hall–Kier alpha value is -1.69. The molecule has 0 amide bonds. The third-order valence-electron chi connectivity index (χ3n) is 2.30. The Labute approximate surface area is 107 Å². The molecule has 0 saturated carbocycles.